The quantitative estimate of drug-likeness (QED) is 0.786. The van der Waals surface area contributed by atoms with Gasteiger partial charge >= 0.3 is 6.01 Å². The predicted molar refractivity (Wildman–Crippen MR) is 83.0 cm³/mol. The molecule has 3 aromatic rings. The van der Waals surface area contributed by atoms with E-state index in [-0.39, 0.29) is 5.91 Å². The van der Waals surface area contributed by atoms with E-state index < -0.39 is 0 Å². The fourth-order valence-corrected chi connectivity index (χ4v) is 2.53. The van der Waals surface area contributed by atoms with Crippen LogP contribution >= 0.6 is 0 Å². The highest BCUT2D eigenvalue weighted by Gasteiger charge is 2.15. The molecule has 1 aromatic heterocycles. The van der Waals surface area contributed by atoms with Crippen molar-refractivity contribution in [3.8, 4) is 11.8 Å². The third-order valence-electron chi connectivity index (χ3n) is 3.65. The topological polar surface area (TPSA) is 64.1 Å². The van der Waals surface area contributed by atoms with E-state index in [0.29, 0.717) is 18.2 Å². The van der Waals surface area contributed by atoms with Gasteiger partial charge in [0, 0.05) is 23.7 Å². The zero-order chi connectivity index (χ0) is 14.9. The Hall–Kier alpha value is -2.95. The number of aryl methyl sites for hydroxylation is 1. The minimum Gasteiger partial charge on any atom is -0.424 e. The molecule has 108 valence electrons. The van der Waals surface area contributed by atoms with Crippen molar-refractivity contribution in [3.05, 3.63) is 54.2 Å². The zero-order valence-electron chi connectivity index (χ0n) is 11.7. The van der Waals surface area contributed by atoms with Crippen LogP contribution in [0, 0.1) is 0 Å². The molecule has 1 aliphatic heterocycles. The Kier molecular flexibility index (Phi) is 2.96. The number of rotatable bonds is 2. The molecule has 2 aromatic carbocycles. The summed E-state index contributed by atoms with van der Waals surface area (Å²) in [5.41, 5.74) is 2.76. The Morgan fingerprint density at radius 3 is 2.95 bits per heavy atom. The first kappa shape index (κ1) is 12.8. The molecule has 0 aliphatic carbocycles. The molecule has 1 amide bonds. The molecular formula is C17H13N3O2. The number of para-hydroxylation sites is 1. The monoisotopic (exact) mass is 291 g/mol. The van der Waals surface area contributed by atoms with Crippen LogP contribution in [0.3, 0.4) is 0 Å². The van der Waals surface area contributed by atoms with Crippen molar-refractivity contribution < 1.29 is 9.53 Å². The Morgan fingerprint density at radius 1 is 1.09 bits per heavy atom. The second kappa shape index (κ2) is 5.11. The van der Waals surface area contributed by atoms with Crippen molar-refractivity contribution in [3.63, 3.8) is 0 Å². The molecule has 5 nitrogen and oxygen atoms in total. The maximum Gasteiger partial charge on any atom is 0.322 e. The smallest absolute Gasteiger partial charge is 0.322 e. The molecule has 22 heavy (non-hydrogen) atoms. The number of ether oxygens (including phenoxy) is 1. The standard InChI is InChI=1S/C17H13N3O2/c21-16-8-5-11-9-13(6-7-15(11)19-16)22-17-18-10-12-3-1-2-4-14(12)20-17/h1-4,6-7,9-10H,5,8H2,(H,19,21). The van der Waals surface area contributed by atoms with Gasteiger partial charge in [-0.25, -0.2) is 4.98 Å². The normalized spacial score (nSPS) is 13.5. The molecule has 0 spiro atoms. The van der Waals surface area contributed by atoms with E-state index >= 15 is 0 Å². The Bertz CT molecular complexity index is 877. The summed E-state index contributed by atoms with van der Waals surface area (Å²) in [5.74, 6) is 0.726. The number of nitrogens with zero attached hydrogens (tertiary/aromatic N) is 2. The SMILES string of the molecule is O=C1CCc2cc(Oc3ncc4ccccc4n3)ccc2N1. The summed E-state index contributed by atoms with van der Waals surface area (Å²) in [7, 11) is 0. The Labute approximate surface area is 127 Å². The highest BCUT2D eigenvalue weighted by atomic mass is 16.5. The highest BCUT2D eigenvalue weighted by molar-refractivity contribution is 5.94. The number of anilines is 1. The van der Waals surface area contributed by atoms with Gasteiger partial charge in [0.05, 0.1) is 5.52 Å². The van der Waals surface area contributed by atoms with E-state index in [1.54, 1.807) is 6.20 Å². The maximum absolute atomic E-state index is 11.4. The molecule has 1 N–H and O–H groups in total. The van der Waals surface area contributed by atoms with Crippen LogP contribution in [0.2, 0.25) is 0 Å². The zero-order valence-corrected chi connectivity index (χ0v) is 11.7. The number of nitrogens with one attached hydrogen (secondary N) is 1. The summed E-state index contributed by atoms with van der Waals surface area (Å²) in [6.07, 6.45) is 2.97. The lowest BCUT2D eigenvalue weighted by atomic mass is 10.0. The molecule has 0 atom stereocenters. The minimum atomic E-state index is 0.0547. The molecular weight excluding hydrogens is 278 g/mol. The van der Waals surface area contributed by atoms with Crippen molar-refractivity contribution in [1.82, 2.24) is 9.97 Å². The highest BCUT2D eigenvalue weighted by Crippen LogP contribution is 2.28. The van der Waals surface area contributed by atoms with Crippen molar-refractivity contribution in [2.24, 2.45) is 0 Å². The van der Waals surface area contributed by atoms with Crippen molar-refractivity contribution in [2.45, 2.75) is 12.8 Å². The summed E-state index contributed by atoms with van der Waals surface area (Å²) in [6.45, 7) is 0. The number of aromatic nitrogens is 2. The number of fused-ring (bicyclic) bond motifs is 2. The van der Waals surface area contributed by atoms with Gasteiger partial charge in [-0.15, -0.1) is 0 Å². The van der Waals surface area contributed by atoms with Gasteiger partial charge in [-0.05, 0) is 36.2 Å². The van der Waals surface area contributed by atoms with Crippen LogP contribution in [0.5, 0.6) is 11.8 Å². The Morgan fingerprint density at radius 2 is 2.00 bits per heavy atom. The van der Waals surface area contributed by atoms with Crippen molar-refractivity contribution in [2.75, 3.05) is 5.32 Å². The van der Waals surface area contributed by atoms with Crippen molar-refractivity contribution >= 4 is 22.5 Å². The van der Waals surface area contributed by atoms with Crippen LogP contribution in [0.25, 0.3) is 10.9 Å². The molecule has 0 unspecified atom stereocenters. The van der Waals surface area contributed by atoms with Crippen molar-refractivity contribution in [1.29, 1.82) is 0 Å². The summed E-state index contributed by atoms with van der Waals surface area (Å²) in [5, 5.41) is 3.82. The van der Waals surface area contributed by atoms with E-state index in [1.165, 1.54) is 0 Å². The fraction of sp³-hybridized carbons (Fsp3) is 0.118. The summed E-state index contributed by atoms with van der Waals surface area (Å²) >= 11 is 0. The van der Waals surface area contributed by atoms with E-state index in [2.05, 4.69) is 15.3 Å². The van der Waals surface area contributed by atoms with Gasteiger partial charge in [-0.2, -0.15) is 4.98 Å². The van der Waals surface area contributed by atoms with E-state index in [1.807, 2.05) is 42.5 Å². The maximum atomic E-state index is 11.4. The van der Waals surface area contributed by atoms with Gasteiger partial charge in [0.15, 0.2) is 0 Å². The second-order valence-corrected chi connectivity index (χ2v) is 5.18. The summed E-state index contributed by atoms with van der Waals surface area (Å²) < 4.78 is 5.74. The first-order chi connectivity index (χ1) is 10.8. The largest absolute Gasteiger partial charge is 0.424 e. The molecule has 1 aliphatic rings. The van der Waals surface area contributed by atoms with Gasteiger partial charge in [-0.3, -0.25) is 4.79 Å². The van der Waals surface area contributed by atoms with Crippen LogP contribution < -0.4 is 10.1 Å². The molecule has 2 heterocycles. The average Bonchev–Trinajstić information content (AvgIpc) is 2.55. The molecule has 0 saturated carbocycles. The van der Waals surface area contributed by atoms with Crippen LogP contribution in [0.1, 0.15) is 12.0 Å². The molecule has 5 heteroatoms. The lowest BCUT2D eigenvalue weighted by Gasteiger charge is -2.17. The van der Waals surface area contributed by atoms with Gasteiger partial charge < -0.3 is 10.1 Å². The Balaban J connectivity index is 1.63. The van der Waals surface area contributed by atoms with E-state index in [4.69, 9.17) is 4.74 Å². The van der Waals surface area contributed by atoms with Crippen LogP contribution in [-0.2, 0) is 11.2 Å². The number of carbonyl (C=O) groups is 1. The predicted octanol–water partition coefficient (Wildman–Crippen LogP) is 3.31. The van der Waals surface area contributed by atoms with Crippen LogP contribution in [-0.4, -0.2) is 15.9 Å². The molecule has 0 fully saturated rings. The molecule has 4 rings (SSSR count). The van der Waals surface area contributed by atoms with Crippen LogP contribution in [0.15, 0.2) is 48.7 Å². The fourth-order valence-electron chi connectivity index (χ4n) is 2.53. The lowest BCUT2D eigenvalue weighted by Crippen LogP contribution is -2.18. The number of carbonyl (C=O) groups excluding carboxylic acids is 1. The van der Waals surface area contributed by atoms with Gasteiger partial charge in [0.2, 0.25) is 5.91 Å². The van der Waals surface area contributed by atoms with Gasteiger partial charge in [-0.1, -0.05) is 18.2 Å². The average molecular weight is 291 g/mol. The first-order valence-corrected chi connectivity index (χ1v) is 7.10. The molecule has 0 bridgehead atoms. The second-order valence-electron chi connectivity index (χ2n) is 5.18. The summed E-state index contributed by atoms with van der Waals surface area (Å²) in [6, 6.07) is 13.7. The van der Waals surface area contributed by atoms with E-state index in [0.717, 1.165) is 28.6 Å². The van der Waals surface area contributed by atoms with Gasteiger partial charge in [0.25, 0.3) is 0 Å². The third-order valence-corrected chi connectivity index (χ3v) is 3.65. The third kappa shape index (κ3) is 2.37. The number of amides is 1. The van der Waals surface area contributed by atoms with Crippen LogP contribution in [0.4, 0.5) is 5.69 Å². The molecule has 0 saturated heterocycles. The molecule has 0 radical (unpaired) electrons. The minimum absolute atomic E-state index is 0.0547. The number of hydrogen-bond donors (Lipinski definition) is 1. The lowest BCUT2D eigenvalue weighted by molar-refractivity contribution is -0.116. The number of benzene rings is 2. The van der Waals surface area contributed by atoms with Gasteiger partial charge in [0.1, 0.15) is 5.75 Å². The summed E-state index contributed by atoms with van der Waals surface area (Å²) in [4.78, 5) is 20.0. The number of hydrogen-bond acceptors (Lipinski definition) is 4. The van der Waals surface area contributed by atoms with E-state index in [9.17, 15) is 4.79 Å². The first-order valence-electron chi connectivity index (χ1n) is 7.10.